The van der Waals surface area contributed by atoms with Gasteiger partial charge in [-0.2, -0.15) is 0 Å². The third-order valence-corrected chi connectivity index (χ3v) is 5.81. The number of ether oxygens (including phenoxy) is 1. The van der Waals surface area contributed by atoms with Gasteiger partial charge in [-0.15, -0.1) is 0 Å². The zero-order chi connectivity index (χ0) is 23.3. The lowest BCUT2D eigenvalue weighted by Crippen LogP contribution is -2.41. The fraction of sp³-hybridized carbons (Fsp3) is 0.423. The molecule has 1 aliphatic heterocycles. The highest BCUT2D eigenvalue weighted by Gasteiger charge is 2.24. The third-order valence-electron chi connectivity index (χ3n) is 5.81. The molecule has 6 nitrogen and oxygen atoms in total. The smallest absolute Gasteiger partial charge is 0.308 e. The highest BCUT2D eigenvalue weighted by Crippen LogP contribution is 2.23. The second-order valence-electron chi connectivity index (χ2n) is 9.39. The molecule has 3 rings (SSSR count). The number of amides is 2. The van der Waals surface area contributed by atoms with E-state index in [1.807, 2.05) is 29.2 Å². The predicted molar refractivity (Wildman–Crippen MR) is 124 cm³/mol. The van der Waals surface area contributed by atoms with Crippen LogP contribution >= 0.6 is 0 Å². The maximum Gasteiger partial charge on any atom is 0.308 e. The molecule has 32 heavy (non-hydrogen) atoms. The summed E-state index contributed by atoms with van der Waals surface area (Å²) in [5.41, 5.74) is 2.43. The summed E-state index contributed by atoms with van der Waals surface area (Å²) in [4.78, 5) is 38.3. The molecule has 2 aromatic carbocycles. The van der Waals surface area contributed by atoms with E-state index in [1.54, 1.807) is 24.3 Å². The largest absolute Gasteiger partial charge is 0.427 e. The number of nitrogens with zero attached hydrogens (tertiary/aromatic N) is 1. The molecule has 2 amide bonds. The fourth-order valence-electron chi connectivity index (χ4n) is 3.84. The van der Waals surface area contributed by atoms with Crippen molar-refractivity contribution in [2.24, 2.45) is 5.92 Å². The van der Waals surface area contributed by atoms with E-state index in [-0.39, 0.29) is 17.2 Å². The van der Waals surface area contributed by atoms with Crippen molar-refractivity contribution < 1.29 is 19.1 Å². The van der Waals surface area contributed by atoms with Gasteiger partial charge in [-0.25, -0.2) is 0 Å². The van der Waals surface area contributed by atoms with E-state index in [4.69, 9.17) is 4.74 Å². The van der Waals surface area contributed by atoms with E-state index in [0.29, 0.717) is 42.4 Å². The van der Waals surface area contributed by atoms with Crippen molar-refractivity contribution in [3.63, 3.8) is 0 Å². The number of likely N-dealkylation sites (tertiary alicyclic amines) is 1. The first-order valence-corrected chi connectivity index (χ1v) is 11.1. The third kappa shape index (κ3) is 6.19. The molecule has 0 aliphatic carbocycles. The summed E-state index contributed by atoms with van der Waals surface area (Å²) in [6.45, 7) is 9.65. The monoisotopic (exact) mass is 436 g/mol. The summed E-state index contributed by atoms with van der Waals surface area (Å²) in [5, 5.41) is 3.04. The summed E-state index contributed by atoms with van der Waals surface area (Å²) in [7, 11) is 0. The molecule has 0 saturated carbocycles. The van der Waals surface area contributed by atoms with Crippen LogP contribution < -0.4 is 10.1 Å². The second kappa shape index (κ2) is 9.98. The zero-order valence-corrected chi connectivity index (χ0v) is 19.3. The molecule has 1 fully saturated rings. The van der Waals surface area contributed by atoms with Crippen LogP contribution in [0.1, 0.15) is 66.8 Å². The van der Waals surface area contributed by atoms with Gasteiger partial charge in [0.25, 0.3) is 11.8 Å². The summed E-state index contributed by atoms with van der Waals surface area (Å²) >= 11 is 0. The molecular formula is C26H32N2O4. The average molecular weight is 437 g/mol. The number of esters is 1. The van der Waals surface area contributed by atoms with Gasteiger partial charge in [0.05, 0.1) is 0 Å². The first kappa shape index (κ1) is 23.5. The van der Waals surface area contributed by atoms with Crippen molar-refractivity contribution in [2.75, 3.05) is 19.6 Å². The first-order valence-electron chi connectivity index (χ1n) is 11.1. The van der Waals surface area contributed by atoms with Crippen LogP contribution in [-0.2, 0) is 10.2 Å². The lowest BCUT2D eigenvalue weighted by Gasteiger charge is -2.32. The van der Waals surface area contributed by atoms with Gasteiger partial charge in [-0.3, -0.25) is 14.4 Å². The van der Waals surface area contributed by atoms with Gasteiger partial charge in [-0.1, -0.05) is 39.0 Å². The van der Waals surface area contributed by atoms with Gasteiger partial charge >= 0.3 is 5.97 Å². The Hall–Kier alpha value is -3.15. The Morgan fingerprint density at radius 2 is 1.66 bits per heavy atom. The molecule has 0 bridgehead atoms. The zero-order valence-electron chi connectivity index (χ0n) is 19.3. The van der Waals surface area contributed by atoms with Gasteiger partial charge in [0, 0.05) is 37.7 Å². The Kier molecular flexibility index (Phi) is 7.33. The molecule has 0 atom stereocenters. The van der Waals surface area contributed by atoms with Gasteiger partial charge in [0.2, 0.25) is 0 Å². The molecule has 1 saturated heterocycles. The molecule has 170 valence electrons. The van der Waals surface area contributed by atoms with Crippen LogP contribution in [0.3, 0.4) is 0 Å². The maximum atomic E-state index is 12.8. The van der Waals surface area contributed by atoms with E-state index in [9.17, 15) is 14.4 Å². The number of carbonyl (C=O) groups excluding carboxylic acids is 3. The average Bonchev–Trinajstić information content (AvgIpc) is 2.76. The molecule has 0 radical (unpaired) electrons. The number of benzene rings is 2. The van der Waals surface area contributed by atoms with Crippen molar-refractivity contribution in [2.45, 2.75) is 46.0 Å². The van der Waals surface area contributed by atoms with E-state index in [0.717, 1.165) is 12.8 Å². The van der Waals surface area contributed by atoms with Crippen LogP contribution in [0, 0.1) is 5.92 Å². The van der Waals surface area contributed by atoms with E-state index >= 15 is 0 Å². The Bertz CT molecular complexity index is 968. The molecule has 0 spiro atoms. The SMILES string of the molecule is CC(=O)Oc1cccc(C(=O)N2CCC(CNC(=O)c3ccc(C(C)(C)C)cc3)CC2)c1. The van der Waals surface area contributed by atoms with Gasteiger partial charge in [0.15, 0.2) is 0 Å². The summed E-state index contributed by atoms with van der Waals surface area (Å²) < 4.78 is 5.07. The standard InChI is InChI=1S/C26H32N2O4/c1-18(29)32-23-7-5-6-21(16-23)25(31)28-14-12-19(13-15-28)17-27-24(30)20-8-10-22(11-9-20)26(2,3)4/h5-11,16,19H,12-15,17H2,1-4H3,(H,27,30). The fourth-order valence-corrected chi connectivity index (χ4v) is 3.84. The highest BCUT2D eigenvalue weighted by molar-refractivity contribution is 5.95. The summed E-state index contributed by atoms with van der Waals surface area (Å²) in [5.74, 6) is 0.162. The van der Waals surface area contributed by atoms with Crippen molar-refractivity contribution in [3.05, 3.63) is 65.2 Å². The number of carbonyl (C=O) groups is 3. The number of rotatable bonds is 5. The topological polar surface area (TPSA) is 75.7 Å². The molecule has 2 aromatic rings. The van der Waals surface area contributed by atoms with Crippen LogP contribution in [-0.4, -0.2) is 42.3 Å². The number of piperidine rings is 1. The van der Waals surface area contributed by atoms with Crippen LogP contribution in [0.5, 0.6) is 5.75 Å². The Labute approximate surface area is 189 Å². The lowest BCUT2D eigenvalue weighted by molar-refractivity contribution is -0.131. The Morgan fingerprint density at radius 1 is 1.00 bits per heavy atom. The van der Waals surface area contributed by atoms with Gasteiger partial charge in [-0.05, 0) is 60.1 Å². The Balaban J connectivity index is 1.48. The minimum atomic E-state index is -0.414. The highest BCUT2D eigenvalue weighted by atomic mass is 16.5. The molecular weight excluding hydrogens is 404 g/mol. The van der Waals surface area contributed by atoms with E-state index in [1.165, 1.54) is 12.5 Å². The minimum absolute atomic E-state index is 0.0577. The van der Waals surface area contributed by atoms with Crippen molar-refractivity contribution in [1.82, 2.24) is 10.2 Å². The van der Waals surface area contributed by atoms with E-state index in [2.05, 4.69) is 26.1 Å². The molecule has 1 heterocycles. The quantitative estimate of drug-likeness (QED) is 0.563. The summed E-state index contributed by atoms with van der Waals surface area (Å²) in [6.07, 6.45) is 1.66. The number of nitrogens with one attached hydrogen (secondary N) is 1. The number of hydrogen-bond donors (Lipinski definition) is 1. The molecule has 1 N–H and O–H groups in total. The normalized spacial score (nSPS) is 14.7. The van der Waals surface area contributed by atoms with Crippen LogP contribution in [0.25, 0.3) is 0 Å². The lowest BCUT2D eigenvalue weighted by atomic mass is 9.86. The van der Waals surface area contributed by atoms with Gasteiger partial charge < -0.3 is 15.0 Å². The first-order chi connectivity index (χ1) is 15.1. The molecule has 0 unspecified atom stereocenters. The molecule has 1 aliphatic rings. The van der Waals surface area contributed by atoms with E-state index < -0.39 is 5.97 Å². The van der Waals surface area contributed by atoms with Crippen LogP contribution in [0.15, 0.2) is 48.5 Å². The number of hydrogen-bond acceptors (Lipinski definition) is 4. The molecule has 0 aromatic heterocycles. The predicted octanol–water partition coefficient (Wildman–Crippen LogP) is 4.19. The van der Waals surface area contributed by atoms with Crippen LogP contribution in [0.2, 0.25) is 0 Å². The minimum Gasteiger partial charge on any atom is -0.427 e. The Morgan fingerprint density at radius 3 is 2.25 bits per heavy atom. The van der Waals surface area contributed by atoms with Gasteiger partial charge in [0.1, 0.15) is 5.75 Å². The summed E-state index contributed by atoms with van der Waals surface area (Å²) in [6, 6.07) is 14.5. The van der Waals surface area contributed by atoms with Crippen molar-refractivity contribution >= 4 is 17.8 Å². The maximum absolute atomic E-state index is 12.8. The van der Waals surface area contributed by atoms with Crippen molar-refractivity contribution in [1.29, 1.82) is 0 Å². The van der Waals surface area contributed by atoms with Crippen LogP contribution in [0.4, 0.5) is 0 Å². The van der Waals surface area contributed by atoms with Crippen molar-refractivity contribution in [3.8, 4) is 5.75 Å². The molecule has 6 heteroatoms. The second-order valence-corrected chi connectivity index (χ2v) is 9.39.